The van der Waals surface area contributed by atoms with Crippen LogP contribution in [0.2, 0.25) is 0 Å². The third kappa shape index (κ3) is 7.89. The Morgan fingerprint density at radius 2 is 1.96 bits per heavy atom. The molecule has 0 aliphatic carbocycles. The molecule has 3 N–H and O–H groups in total. The maximum Gasteiger partial charge on any atom is 0.246 e. The first kappa shape index (κ1) is 22.8. The molecule has 0 saturated carbocycles. The molecule has 1 heterocycles. The lowest BCUT2D eigenvalue weighted by atomic mass is 10.3. The first-order valence-electron chi connectivity index (χ1n) is 8.56. The minimum atomic E-state index is -0.348. The summed E-state index contributed by atoms with van der Waals surface area (Å²) < 4.78 is 14.8. The van der Waals surface area contributed by atoms with E-state index < -0.39 is 0 Å². The van der Waals surface area contributed by atoms with Crippen LogP contribution < -0.4 is 16.0 Å². The van der Waals surface area contributed by atoms with Crippen molar-refractivity contribution >= 4 is 41.5 Å². The van der Waals surface area contributed by atoms with Crippen LogP contribution in [0.25, 0.3) is 0 Å². The fourth-order valence-electron chi connectivity index (χ4n) is 2.26. The lowest BCUT2D eigenvalue weighted by Crippen LogP contribution is -2.39. The number of carbonyl (C=O) groups excluding carboxylic acids is 1. The summed E-state index contributed by atoms with van der Waals surface area (Å²) in [6, 6.07) is 5.59. The summed E-state index contributed by atoms with van der Waals surface area (Å²) in [7, 11) is 0. The highest BCUT2D eigenvalue weighted by atomic mass is 127. The molecule has 0 radical (unpaired) electrons. The predicted molar refractivity (Wildman–Crippen MR) is 114 cm³/mol. The molecule has 1 aromatic carbocycles. The van der Waals surface area contributed by atoms with Crippen LogP contribution in [0.1, 0.15) is 19.7 Å². The summed E-state index contributed by atoms with van der Waals surface area (Å²) in [6.07, 6.45) is 2.51. The molecule has 0 unspecified atom stereocenters. The molecule has 0 aliphatic heterocycles. The van der Waals surface area contributed by atoms with Crippen molar-refractivity contribution in [3.63, 3.8) is 0 Å². The van der Waals surface area contributed by atoms with Crippen molar-refractivity contribution < 1.29 is 9.18 Å². The molecular weight excluding hydrogens is 464 g/mol. The van der Waals surface area contributed by atoms with Gasteiger partial charge in [-0.2, -0.15) is 0 Å². The molecule has 1 aromatic heterocycles. The van der Waals surface area contributed by atoms with Crippen LogP contribution in [0.15, 0.2) is 35.6 Å². The lowest BCUT2D eigenvalue weighted by Gasteiger charge is -2.12. The largest absolute Gasteiger partial charge is 0.357 e. The fraction of sp³-hybridized carbons (Fsp3) is 0.412. The van der Waals surface area contributed by atoms with Gasteiger partial charge in [-0.1, -0.05) is 6.92 Å². The normalized spacial score (nSPS) is 10.9. The summed E-state index contributed by atoms with van der Waals surface area (Å²) in [5, 5.41) is 16.9. The highest BCUT2D eigenvalue weighted by molar-refractivity contribution is 14.0. The number of amides is 1. The average Bonchev–Trinajstić information content (AvgIpc) is 3.09. The van der Waals surface area contributed by atoms with Crippen LogP contribution >= 0.6 is 24.0 Å². The monoisotopic (exact) mass is 489 g/mol. The van der Waals surface area contributed by atoms with Gasteiger partial charge in [-0.05, 0) is 31.2 Å². The van der Waals surface area contributed by atoms with Gasteiger partial charge in [0.05, 0.1) is 0 Å². The van der Waals surface area contributed by atoms with Gasteiger partial charge in [0.25, 0.3) is 0 Å². The number of anilines is 1. The number of guanidine groups is 1. The van der Waals surface area contributed by atoms with Gasteiger partial charge < -0.3 is 20.5 Å². The molecule has 1 amide bonds. The van der Waals surface area contributed by atoms with Crippen molar-refractivity contribution in [2.45, 2.75) is 26.8 Å². The summed E-state index contributed by atoms with van der Waals surface area (Å²) in [4.78, 5) is 16.2. The summed E-state index contributed by atoms with van der Waals surface area (Å²) in [6.45, 7) is 5.93. The van der Waals surface area contributed by atoms with Gasteiger partial charge in [-0.25, -0.2) is 9.38 Å². The summed E-state index contributed by atoms with van der Waals surface area (Å²) >= 11 is 0. The topological polar surface area (TPSA) is 96.2 Å². The predicted octanol–water partition coefficient (Wildman–Crippen LogP) is 1.79. The number of nitrogens with zero attached hydrogens (tertiary/aromatic N) is 4. The van der Waals surface area contributed by atoms with E-state index in [1.165, 1.54) is 24.3 Å². The number of hydrogen-bond acceptors (Lipinski definition) is 4. The molecule has 0 atom stereocenters. The average molecular weight is 489 g/mol. The van der Waals surface area contributed by atoms with Gasteiger partial charge >= 0.3 is 0 Å². The van der Waals surface area contributed by atoms with Crippen molar-refractivity contribution in [1.29, 1.82) is 0 Å². The van der Waals surface area contributed by atoms with Gasteiger partial charge in [-0.15, -0.1) is 34.2 Å². The molecule has 148 valence electrons. The van der Waals surface area contributed by atoms with E-state index in [2.05, 4.69) is 31.1 Å². The van der Waals surface area contributed by atoms with Crippen LogP contribution in [0.4, 0.5) is 10.1 Å². The first-order chi connectivity index (χ1) is 12.6. The van der Waals surface area contributed by atoms with E-state index in [-0.39, 0.29) is 42.2 Å². The lowest BCUT2D eigenvalue weighted by molar-refractivity contribution is -0.114. The van der Waals surface area contributed by atoms with E-state index in [0.29, 0.717) is 31.3 Å². The molecule has 0 spiro atoms. The Bertz CT molecular complexity index is 733. The molecule has 2 aromatic rings. The molecule has 0 aliphatic rings. The van der Waals surface area contributed by atoms with E-state index >= 15 is 0 Å². The van der Waals surface area contributed by atoms with Crippen molar-refractivity contribution in [2.75, 3.05) is 25.0 Å². The highest BCUT2D eigenvalue weighted by Gasteiger charge is 2.05. The number of nitrogens with one attached hydrogen (secondary N) is 3. The Hall–Kier alpha value is -2.24. The molecule has 0 fully saturated rings. The first-order valence-corrected chi connectivity index (χ1v) is 8.56. The van der Waals surface area contributed by atoms with E-state index in [4.69, 9.17) is 0 Å². The van der Waals surface area contributed by atoms with Crippen LogP contribution in [0, 0.1) is 5.82 Å². The number of aliphatic imine (C=N–C) groups is 1. The van der Waals surface area contributed by atoms with Gasteiger partial charge in [0.1, 0.15) is 24.5 Å². The second kappa shape index (κ2) is 12.2. The number of hydrogen-bond donors (Lipinski definition) is 3. The quantitative estimate of drug-likeness (QED) is 0.299. The third-order valence-corrected chi connectivity index (χ3v) is 3.51. The molecule has 10 heteroatoms. The zero-order chi connectivity index (χ0) is 18.8. The fourth-order valence-corrected chi connectivity index (χ4v) is 2.26. The summed E-state index contributed by atoms with van der Waals surface area (Å²) in [5.74, 6) is 0.847. The number of aromatic nitrogens is 3. The smallest absolute Gasteiger partial charge is 0.246 e. The maximum absolute atomic E-state index is 12.9. The standard InChI is InChI=1S/C17H24FN7O.HI/c1-3-15-24-22-12-25(15)10-9-20-17(19-4-2)21-11-16(26)23-14-7-5-13(18)6-8-14;/h5-8,12H,3-4,9-11H2,1-2H3,(H,23,26)(H2,19,20,21);1H. The molecule has 0 bridgehead atoms. The van der Waals surface area contributed by atoms with Crippen LogP contribution in [-0.4, -0.2) is 46.3 Å². The van der Waals surface area contributed by atoms with Gasteiger partial charge in [0.15, 0.2) is 5.96 Å². The number of benzene rings is 1. The number of aryl methyl sites for hydroxylation is 1. The zero-order valence-electron chi connectivity index (χ0n) is 15.4. The van der Waals surface area contributed by atoms with Crippen LogP contribution in [0.5, 0.6) is 0 Å². The molecule has 27 heavy (non-hydrogen) atoms. The molecule has 0 saturated heterocycles. The maximum atomic E-state index is 12.9. The molecule has 2 rings (SSSR count). The van der Waals surface area contributed by atoms with E-state index in [9.17, 15) is 9.18 Å². The van der Waals surface area contributed by atoms with Gasteiger partial charge in [-0.3, -0.25) is 4.79 Å². The molecule has 8 nitrogen and oxygen atoms in total. The third-order valence-electron chi connectivity index (χ3n) is 3.51. The number of rotatable bonds is 8. The number of carbonyl (C=O) groups is 1. The van der Waals surface area contributed by atoms with E-state index in [1.807, 2.05) is 18.4 Å². The van der Waals surface area contributed by atoms with Crippen LogP contribution in [0.3, 0.4) is 0 Å². The SMILES string of the molecule is CCNC(=NCC(=O)Nc1ccc(F)cc1)NCCn1cnnc1CC.I. The van der Waals surface area contributed by atoms with Crippen molar-refractivity contribution in [3.05, 3.63) is 42.2 Å². The Kier molecular flexibility index (Phi) is 10.3. The van der Waals surface area contributed by atoms with Crippen molar-refractivity contribution in [2.24, 2.45) is 4.99 Å². The number of halogens is 2. The van der Waals surface area contributed by atoms with Gasteiger partial charge in [0.2, 0.25) is 5.91 Å². The second-order valence-electron chi connectivity index (χ2n) is 5.47. The summed E-state index contributed by atoms with van der Waals surface area (Å²) in [5.41, 5.74) is 0.532. The van der Waals surface area contributed by atoms with Gasteiger partial charge in [0, 0.05) is 31.7 Å². The Balaban J connectivity index is 0.00000364. The minimum absolute atomic E-state index is 0. The minimum Gasteiger partial charge on any atom is -0.357 e. The zero-order valence-corrected chi connectivity index (χ0v) is 17.7. The molecular formula is C17H25FIN7O. The van der Waals surface area contributed by atoms with E-state index in [0.717, 1.165) is 12.2 Å². The Labute approximate surface area is 175 Å². The second-order valence-corrected chi connectivity index (χ2v) is 5.47. The van der Waals surface area contributed by atoms with Crippen molar-refractivity contribution in [3.8, 4) is 0 Å². The van der Waals surface area contributed by atoms with Crippen LogP contribution in [-0.2, 0) is 17.8 Å². The Morgan fingerprint density at radius 3 is 2.63 bits per heavy atom. The highest BCUT2D eigenvalue weighted by Crippen LogP contribution is 2.07. The van der Waals surface area contributed by atoms with E-state index in [1.54, 1.807) is 6.33 Å². The Morgan fingerprint density at radius 1 is 1.22 bits per heavy atom. The van der Waals surface area contributed by atoms with Crippen molar-refractivity contribution in [1.82, 2.24) is 25.4 Å².